The number of ether oxygens (including phenoxy) is 1. The molecule has 1 aliphatic heterocycles. The van der Waals surface area contributed by atoms with E-state index in [0.29, 0.717) is 6.42 Å². The molecule has 0 unspecified atom stereocenters. The van der Waals surface area contributed by atoms with Crippen LogP contribution in [-0.2, 0) is 11.2 Å². The predicted octanol–water partition coefficient (Wildman–Crippen LogP) is 1.95. The van der Waals surface area contributed by atoms with Crippen LogP contribution in [0.1, 0.15) is 5.56 Å². The van der Waals surface area contributed by atoms with E-state index in [1.807, 2.05) is 12.1 Å². The van der Waals surface area contributed by atoms with E-state index in [4.69, 9.17) is 4.74 Å². The van der Waals surface area contributed by atoms with Crippen molar-refractivity contribution in [2.24, 2.45) is 0 Å². The van der Waals surface area contributed by atoms with Crippen LogP contribution in [0.15, 0.2) is 16.6 Å². The van der Waals surface area contributed by atoms with Crippen LogP contribution < -0.4 is 10.1 Å². The molecule has 13 heavy (non-hydrogen) atoms. The molecule has 0 bridgehead atoms. The summed E-state index contributed by atoms with van der Waals surface area (Å²) < 4.78 is 5.99. The zero-order valence-corrected chi connectivity index (χ0v) is 8.64. The van der Waals surface area contributed by atoms with E-state index in [2.05, 4.69) is 21.2 Å². The minimum absolute atomic E-state index is 0.0314. The zero-order chi connectivity index (χ0) is 9.42. The van der Waals surface area contributed by atoms with Gasteiger partial charge >= 0.3 is 0 Å². The summed E-state index contributed by atoms with van der Waals surface area (Å²) in [6, 6.07) is 3.68. The normalized spacial score (nSPS) is 13.8. The molecule has 4 heteroatoms. The highest BCUT2D eigenvalue weighted by molar-refractivity contribution is 9.10. The summed E-state index contributed by atoms with van der Waals surface area (Å²) in [5.74, 6) is 0.775. The van der Waals surface area contributed by atoms with Crippen LogP contribution in [0, 0.1) is 0 Å². The largest absolute Gasteiger partial charge is 0.497 e. The second-order valence-corrected chi connectivity index (χ2v) is 3.71. The Morgan fingerprint density at radius 1 is 1.54 bits per heavy atom. The van der Waals surface area contributed by atoms with Crippen LogP contribution in [0.25, 0.3) is 0 Å². The van der Waals surface area contributed by atoms with Crippen molar-refractivity contribution in [1.29, 1.82) is 0 Å². The van der Waals surface area contributed by atoms with E-state index in [9.17, 15) is 4.79 Å². The van der Waals surface area contributed by atoms with E-state index in [1.54, 1.807) is 7.11 Å². The maximum atomic E-state index is 11.1. The SMILES string of the molecule is COc1cc(Br)c2c(c1)NC(=O)C2. The topological polar surface area (TPSA) is 38.3 Å². The summed E-state index contributed by atoms with van der Waals surface area (Å²) >= 11 is 3.39. The van der Waals surface area contributed by atoms with E-state index < -0.39 is 0 Å². The number of fused-ring (bicyclic) bond motifs is 1. The Bertz CT molecular complexity index is 376. The highest BCUT2D eigenvalue weighted by Crippen LogP contribution is 2.34. The van der Waals surface area contributed by atoms with Crippen molar-refractivity contribution in [1.82, 2.24) is 0 Å². The highest BCUT2D eigenvalue weighted by Gasteiger charge is 2.20. The molecular formula is C9H8BrNO2. The van der Waals surface area contributed by atoms with Crippen molar-refractivity contribution >= 4 is 27.5 Å². The van der Waals surface area contributed by atoms with Gasteiger partial charge in [-0.15, -0.1) is 0 Å². The van der Waals surface area contributed by atoms with Crippen LogP contribution in [0.2, 0.25) is 0 Å². The number of hydrogen-bond acceptors (Lipinski definition) is 2. The average molecular weight is 242 g/mol. The van der Waals surface area contributed by atoms with E-state index >= 15 is 0 Å². The van der Waals surface area contributed by atoms with Gasteiger partial charge < -0.3 is 10.1 Å². The molecule has 1 N–H and O–H groups in total. The molecule has 1 heterocycles. The number of nitrogens with one attached hydrogen (secondary N) is 1. The van der Waals surface area contributed by atoms with Gasteiger partial charge in [-0.05, 0) is 11.6 Å². The Hall–Kier alpha value is -1.03. The lowest BCUT2D eigenvalue weighted by molar-refractivity contribution is -0.115. The summed E-state index contributed by atoms with van der Waals surface area (Å²) in [5, 5.41) is 2.76. The molecule has 1 aromatic rings. The number of halogens is 1. The van der Waals surface area contributed by atoms with Gasteiger partial charge in [-0.2, -0.15) is 0 Å². The number of methoxy groups -OCH3 is 1. The number of rotatable bonds is 1. The predicted molar refractivity (Wildman–Crippen MR) is 53.0 cm³/mol. The molecule has 0 radical (unpaired) electrons. The van der Waals surface area contributed by atoms with Gasteiger partial charge in [0.25, 0.3) is 0 Å². The molecule has 1 aliphatic rings. The first kappa shape index (κ1) is 8.56. The van der Waals surface area contributed by atoms with Crippen molar-refractivity contribution in [3.05, 3.63) is 22.2 Å². The monoisotopic (exact) mass is 241 g/mol. The quantitative estimate of drug-likeness (QED) is 0.817. The van der Waals surface area contributed by atoms with Crippen molar-refractivity contribution in [3.63, 3.8) is 0 Å². The fourth-order valence-corrected chi connectivity index (χ4v) is 1.96. The lowest BCUT2D eigenvalue weighted by atomic mass is 10.1. The minimum Gasteiger partial charge on any atom is -0.497 e. The molecule has 0 fully saturated rings. The standard InChI is InChI=1S/C9H8BrNO2/c1-13-5-2-7(10)6-4-9(12)11-8(6)3-5/h2-3H,4H2,1H3,(H,11,12). The second kappa shape index (κ2) is 3.03. The Kier molecular flexibility index (Phi) is 2.00. The molecule has 0 saturated carbocycles. The molecule has 0 spiro atoms. The Balaban J connectivity index is 2.52. The van der Waals surface area contributed by atoms with Gasteiger partial charge in [-0.3, -0.25) is 4.79 Å². The molecule has 1 aromatic carbocycles. The second-order valence-electron chi connectivity index (χ2n) is 2.86. The molecule has 2 rings (SSSR count). The molecule has 0 saturated heterocycles. The molecule has 1 amide bonds. The Morgan fingerprint density at radius 2 is 2.31 bits per heavy atom. The van der Waals surface area contributed by atoms with E-state index in [1.165, 1.54) is 0 Å². The van der Waals surface area contributed by atoms with Gasteiger partial charge in [0, 0.05) is 16.2 Å². The first-order chi connectivity index (χ1) is 6.20. The molecule has 68 valence electrons. The van der Waals surface area contributed by atoms with Crippen molar-refractivity contribution < 1.29 is 9.53 Å². The summed E-state index contributed by atoms with van der Waals surface area (Å²) in [7, 11) is 1.60. The van der Waals surface area contributed by atoms with Crippen LogP contribution in [0.3, 0.4) is 0 Å². The number of benzene rings is 1. The third-order valence-corrected chi connectivity index (χ3v) is 2.72. The summed E-state index contributed by atoms with van der Waals surface area (Å²) in [6.07, 6.45) is 0.444. The first-order valence-electron chi connectivity index (χ1n) is 3.87. The summed E-state index contributed by atoms with van der Waals surface area (Å²) in [4.78, 5) is 11.1. The molecule has 0 aliphatic carbocycles. The molecule has 3 nitrogen and oxygen atoms in total. The number of hydrogen-bond donors (Lipinski definition) is 1. The minimum atomic E-state index is 0.0314. The lowest BCUT2D eigenvalue weighted by Gasteiger charge is -2.05. The number of amides is 1. The average Bonchev–Trinajstić information content (AvgIpc) is 2.46. The van der Waals surface area contributed by atoms with Gasteiger partial charge in [0.15, 0.2) is 0 Å². The van der Waals surface area contributed by atoms with Gasteiger partial charge in [0.1, 0.15) is 5.75 Å². The molecule has 0 aromatic heterocycles. The fraction of sp³-hybridized carbons (Fsp3) is 0.222. The summed E-state index contributed by atoms with van der Waals surface area (Å²) in [5.41, 5.74) is 1.85. The van der Waals surface area contributed by atoms with Crippen molar-refractivity contribution in [2.45, 2.75) is 6.42 Å². The smallest absolute Gasteiger partial charge is 0.228 e. The maximum absolute atomic E-state index is 11.1. The van der Waals surface area contributed by atoms with Crippen molar-refractivity contribution in [2.75, 3.05) is 12.4 Å². The third kappa shape index (κ3) is 1.42. The van der Waals surface area contributed by atoms with Gasteiger partial charge in [-0.25, -0.2) is 0 Å². The van der Waals surface area contributed by atoms with Crippen molar-refractivity contribution in [3.8, 4) is 5.75 Å². The maximum Gasteiger partial charge on any atom is 0.228 e. The number of carbonyl (C=O) groups excluding carboxylic acids is 1. The van der Waals surface area contributed by atoms with Gasteiger partial charge in [0.05, 0.1) is 13.5 Å². The van der Waals surface area contributed by atoms with Crippen LogP contribution in [0.5, 0.6) is 5.75 Å². The van der Waals surface area contributed by atoms with Gasteiger partial charge in [0.2, 0.25) is 5.91 Å². The van der Waals surface area contributed by atoms with Gasteiger partial charge in [-0.1, -0.05) is 15.9 Å². The third-order valence-electron chi connectivity index (χ3n) is 2.02. The Labute approximate surface area is 84.2 Å². The first-order valence-corrected chi connectivity index (χ1v) is 4.66. The summed E-state index contributed by atoms with van der Waals surface area (Å²) in [6.45, 7) is 0. The number of anilines is 1. The zero-order valence-electron chi connectivity index (χ0n) is 7.06. The van der Waals surface area contributed by atoms with E-state index in [0.717, 1.165) is 21.5 Å². The fourth-order valence-electron chi connectivity index (χ4n) is 1.38. The van der Waals surface area contributed by atoms with E-state index in [-0.39, 0.29) is 5.91 Å². The van der Waals surface area contributed by atoms with Crippen LogP contribution in [0.4, 0.5) is 5.69 Å². The number of carbonyl (C=O) groups is 1. The molecule has 0 atom stereocenters. The highest BCUT2D eigenvalue weighted by atomic mass is 79.9. The van der Waals surface area contributed by atoms with Crippen LogP contribution in [-0.4, -0.2) is 13.0 Å². The lowest BCUT2D eigenvalue weighted by Crippen LogP contribution is -2.03. The van der Waals surface area contributed by atoms with Crippen LogP contribution >= 0.6 is 15.9 Å². The molecular weight excluding hydrogens is 234 g/mol. The Morgan fingerprint density at radius 3 is 3.00 bits per heavy atom.